The minimum Gasteiger partial charge on any atom is -0.444 e. The van der Waals surface area contributed by atoms with E-state index in [0.29, 0.717) is 6.54 Å². The monoisotopic (exact) mass is 217 g/mol. The van der Waals surface area contributed by atoms with Crippen molar-refractivity contribution < 1.29 is 14.7 Å². The quantitative estimate of drug-likeness (QED) is 0.319. The molecule has 6 nitrogen and oxygen atoms in total. The number of amides is 1. The molecule has 0 aliphatic heterocycles. The zero-order valence-corrected chi connectivity index (χ0v) is 9.65. The molecule has 0 unspecified atom stereocenters. The number of carbonyl (C=O) groups is 1. The van der Waals surface area contributed by atoms with Gasteiger partial charge in [0, 0.05) is 6.54 Å². The third-order valence-corrected chi connectivity index (χ3v) is 1.51. The summed E-state index contributed by atoms with van der Waals surface area (Å²) < 4.78 is 5.13. The van der Waals surface area contributed by atoms with Crippen LogP contribution in [0.25, 0.3) is 0 Å². The average molecular weight is 217 g/mol. The molecule has 1 amide bonds. The van der Waals surface area contributed by atoms with Crippen LogP contribution in [0.2, 0.25) is 0 Å². The summed E-state index contributed by atoms with van der Waals surface area (Å²) in [5.41, 5.74) is 4.76. The molecule has 0 radical (unpaired) electrons. The van der Waals surface area contributed by atoms with Crippen LogP contribution in [-0.2, 0) is 4.74 Å². The maximum atomic E-state index is 11.6. The topological polar surface area (TPSA) is 88.1 Å². The van der Waals surface area contributed by atoms with Crippen LogP contribution in [0.4, 0.5) is 4.79 Å². The van der Waals surface area contributed by atoms with Crippen molar-refractivity contribution in [1.82, 2.24) is 4.90 Å². The first kappa shape index (κ1) is 13.5. The molecule has 88 valence electrons. The maximum absolute atomic E-state index is 11.6. The van der Waals surface area contributed by atoms with Crippen LogP contribution >= 0.6 is 0 Å². The van der Waals surface area contributed by atoms with Crippen LogP contribution in [0.5, 0.6) is 0 Å². The van der Waals surface area contributed by atoms with Gasteiger partial charge in [0.25, 0.3) is 0 Å². The van der Waals surface area contributed by atoms with Gasteiger partial charge in [-0.2, -0.15) is 0 Å². The number of hydrogen-bond acceptors (Lipinski definition) is 4. The summed E-state index contributed by atoms with van der Waals surface area (Å²) in [5.74, 6) is -0.0253. The number of likely N-dealkylation sites (N-methyl/N-ethyl adjacent to an activating group) is 1. The van der Waals surface area contributed by atoms with Crippen molar-refractivity contribution in [2.75, 3.05) is 13.1 Å². The van der Waals surface area contributed by atoms with Crippen LogP contribution < -0.4 is 5.73 Å². The molecular formula is C9H19N3O3. The molecule has 0 rings (SSSR count). The summed E-state index contributed by atoms with van der Waals surface area (Å²) >= 11 is 0. The van der Waals surface area contributed by atoms with E-state index in [1.54, 1.807) is 27.7 Å². The average Bonchev–Trinajstić information content (AvgIpc) is 2.10. The Hall–Kier alpha value is -1.46. The van der Waals surface area contributed by atoms with E-state index in [0.717, 1.165) is 0 Å². The fraction of sp³-hybridized carbons (Fsp3) is 0.778. The number of carbonyl (C=O) groups excluding carboxylic acids is 1. The first-order valence-electron chi connectivity index (χ1n) is 4.74. The molecule has 3 N–H and O–H groups in total. The highest BCUT2D eigenvalue weighted by Crippen LogP contribution is 2.09. The highest BCUT2D eigenvalue weighted by atomic mass is 16.6. The summed E-state index contributed by atoms with van der Waals surface area (Å²) in [4.78, 5) is 12.9. The molecule has 0 saturated carbocycles. The number of hydrogen-bond donors (Lipinski definition) is 2. The summed E-state index contributed by atoms with van der Waals surface area (Å²) in [5, 5.41) is 11.2. The van der Waals surface area contributed by atoms with E-state index in [1.165, 1.54) is 4.90 Å². The number of rotatable bonds is 3. The highest BCUT2D eigenvalue weighted by molar-refractivity contribution is 5.85. The van der Waals surface area contributed by atoms with E-state index >= 15 is 0 Å². The number of nitrogens with two attached hydrogens (primary N) is 1. The van der Waals surface area contributed by atoms with Gasteiger partial charge in [0.1, 0.15) is 5.60 Å². The van der Waals surface area contributed by atoms with E-state index in [1.807, 2.05) is 0 Å². The Morgan fingerprint density at radius 3 is 2.40 bits per heavy atom. The smallest absolute Gasteiger partial charge is 0.410 e. The van der Waals surface area contributed by atoms with Gasteiger partial charge in [0.15, 0.2) is 5.84 Å². The Morgan fingerprint density at radius 2 is 2.07 bits per heavy atom. The van der Waals surface area contributed by atoms with E-state index in [2.05, 4.69) is 5.16 Å². The fourth-order valence-corrected chi connectivity index (χ4v) is 0.859. The first-order chi connectivity index (χ1) is 6.80. The summed E-state index contributed by atoms with van der Waals surface area (Å²) in [7, 11) is 0. The van der Waals surface area contributed by atoms with Crippen molar-refractivity contribution in [3.05, 3.63) is 0 Å². The van der Waals surface area contributed by atoms with E-state index in [4.69, 9.17) is 15.7 Å². The van der Waals surface area contributed by atoms with Crippen molar-refractivity contribution in [2.24, 2.45) is 10.9 Å². The number of amidine groups is 1. The lowest BCUT2D eigenvalue weighted by Crippen LogP contribution is -2.41. The van der Waals surface area contributed by atoms with Gasteiger partial charge in [-0.3, -0.25) is 0 Å². The SMILES string of the molecule is CCN(CC(N)=NO)C(=O)OC(C)(C)C. The van der Waals surface area contributed by atoms with E-state index < -0.39 is 11.7 Å². The number of nitrogens with zero attached hydrogens (tertiary/aromatic N) is 2. The zero-order chi connectivity index (χ0) is 12.1. The normalized spacial score (nSPS) is 12.4. The molecule has 0 aliphatic carbocycles. The molecule has 0 aliphatic rings. The van der Waals surface area contributed by atoms with Crippen LogP contribution in [0, 0.1) is 0 Å². The van der Waals surface area contributed by atoms with Gasteiger partial charge >= 0.3 is 6.09 Å². The largest absolute Gasteiger partial charge is 0.444 e. The van der Waals surface area contributed by atoms with E-state index in [-0.39, 0.29) is 12.4 Å². The highest BCUT2D eigenvalue weighted by Gasteiger charge is 2.21. The van der Waals surface area contributed by atoms with Gasteiger partial charge in [-0.1, -0.05) is 5.16 Å². The molecule has 0 bridgehead atoms. The van der Waals surface area contributed by atoms with Crippen molar-refractivity contribution >= 4 is 11.9 Å². The minimum atomic E-state index is -0.546. The Morgan fingerprint density at radius 1 is 1.53 bits per heavy atom. The predicted molar refractivity (Wildman–Crippen MR) is 56.9 cm³/mol. The molecule has 0 heterocycles. The standard InChI is InChI=1S/C9H19N3O3/c1-5-12(6-7(10)11-14)8(13)15-9(2,3)4/h14H,5-6H2,1-4H3,(H2,10,11). The molecule has 0 aromatic heterocycles. The van der Waals surface area contributed by atoms with Gasteiger partial charge < -0.3 is 20.6 Å². The summed E-state index contributed by atoms with van der Waals surface area (Å²) in [6, 6.07) is 0. The Balaban J connectivity index is 4.36. The predicted octanol–water partition coefficient (Wildman–Crippen LogP) is 0.990. The molecule has 0 saturated heterocycles. The Labute approximate surface area is 89.7 Å². The van der Waals surface area contributed by atoms with Crippen molar-refractivity contribution in [2.45, 2.75) is 33.3 Å². The molecule has 0 aromatic rings. The molecule has 0 fully saturated rings. The number of oxime groups is 1. The van der Waals surface area contributed by atoms with Gasteiger partial charge in [-0.15, -0.1) is 0 Å². The van der Waals surface area contributed by atoms with Crippen molar-refractivity contribution in [3.8, 4) is 0 Å². The van der Waals surface area contributed by atoms with Gasteiger partial charge in [0.05, 0.1) is 6.54 Å². The zero-order valence-electron chi connectivity index (χ0n) is 9.65. The second kappa shape index (κ2) is 5.43. The van der Waals surface area contributed by atoms with Crippen LogP contribution in [0.3, 0.4) is 0 Å². The Bertz CT molecular complexity index is 245. The molecule has 0 spiro atoms. The van der Waals surface area contributed by atoms with Crippen LogP contribution in [0.15, 0.2) is 5.16 Å². The summed E-state index contributed by atoms with van der Waals surface area (Å²) in [6.07, 6.45) is -0.475. The van der Waals surface area contributed by atoms with Crippen molar-refractivity contribution in [3.63, 3.8) is 0 Å². The lowest BCUT2D eigenvalue weighted by atomic mass is 10.2. The van der Waals surface area contributed by atoms with Crippen molar-refractivity contribution in [1.29, 1.82) is 0 Å². The van der Waals surface area contributed by atoms with E-state index in [9.17, 15) is 4.79 Å². The maximum Gasteiger partial charge on any atom is 0.410 e. The van der Waals surface area contributed by atoms with Crippen LogP contribution in [-0.4, -0.2) is 40.7 Å². The third-order valence-electron chi connectivity index (χ3n) is 1.51. The molecule has 6 heteroatoms. The third kappa shape index (κ3) is 5.77. The fourth-order valence-electron chi connectivity index (χ4n) is 0.859. The molecule has 0 aromatic carbocycles. The molecular weight excluding hydrogens is 198 g/mol. The molecule has 15 heavy (non-hydrogen) atoms. The first-order valence-corrected chi connectivity index (χ1v) is 4.74. The minimum absolute atomic E-state index is 0.0253. The lowest BCUT2D eigenvalue weighted by Gasteiger charge is -2.26. The van der Waals surface area contributed by atoms with Gasteiger partial charge in [0.2, 0.25) is 0 Å². The summed E-state index contributed by atoms with van der Waals surface area (Å²) in [6.45, 7) is 7.62. The van der Waals surface area contributed by atoms with Gasteiger partial charge in [-0.25, -0.2) is 4.79 Å². The molecule has 0 atom stereocenters. The second-order valence-electron chi connectivity index (χ2n) is 4.09. The second-order valence-corrected chi connectivity index (χ2v) is 4.09. The Kier molecular flexibility index (Phi) is 4.90. The number of ether oxygens (including phenoxy) is 1. The van der Waals surface area contributed by atoms with Gasteiger partial charge in [-0.05, 0) is 27.7 Å². The lowest BCUT2D eigenvalue weighted by molar-refractivity contribution is 0.0287. The van der Waals surface area contributed by atoms with Crippen LogP contribution in [0.1, 0.15) is 27.7 Å².